The van der Waals surface area contributed by atoms with Crippen molar-refractivity contribution in [2.24, 2.45) is 0 Å². The molecule has 4 heteroatoms. The Morgan fingerprint density at radius 1 is 1.67 bits per heavy atom. The average Bonchev–Trinajstić information content (AvgIpc) is 1.83. The van der Waals surface area contributed by atoms with Gasteiger partial charge in [-0.3, -0.25) is 4.79 Å². The summed E-state index contributed by atoms with van der Waals surface area (Å²) in [6.45, 7) is 1.20. The van der Waals surface area contributed by atoms with Crippen molar-refractivity contribution in [3.63, 3.8) is 0 Å². The van der Waals surface area contributed by atoms with E-state index < -0.39 is 6.09 Å². The molecule has 0 bridgehead atoms. The molecule has 0 aromatic heterocycles. The summed E-state index contributed by atoms with van der Waals surface area (Å²) < 4.78 is 4.35. The lowest BCUT2D eigenvalue weighted by atomic mass is 10.5. The van der Waals surface area contributed by atoms with Gasteiger partial charge in [0, 0.05) is 9.90 Å². The summed E-state index contributed by atoms with van der Waals surface area (Å²) in [6.07, 6.45) is -0.579. The molecular formula is C5H13NO3. The Morgan fingerprint density at radius 2 is 2.22 bits per heavy atom. The number of hydrogen-bond donors (Lipinski definition) is 1. The summed E-state index contributed by atoms with van der Waals surface area (Å²) in [5.74, 6) is -0.168. The predicted octanol–water partition coefficient (Wildman–Crippen LogP) is 0.423. The normalized spacial score (nSPS) is 8.22. The fourth-order valence-corrected chi connectivity index (χ4v) is 0.239. The second kappa shape index (κ2) is 3.88. The van der Waals surface area contributed by atoms with E-state index in [0.29, 0.717) is 0 Å². The lowest BCUT2D eigenvalue weighted by Gasteiger charge is -1.98. The summed E-state index contributed by atoms with van der Waals surface area (Å²) in [5.41, 5.74) is 0. The highest BCUT2D eigenvalue weighted by Gasteiger charge is 1.98. The average molecular weight is 135 g/mol. The van der Waals surface area contributed by atoms with Crippen molar-refractivity contribution in [2.75, 3.05) is 13.7 Å². The third kappa shape index (κ3) is 4.80. The summed E-state index contributed by atoms with van der Waals surface area (Å²) in [7, 11) is 1.43. The Bertz CT molecular complexity index is 129. The molecule has 56 valence electrons. The van der Waals surface area contributed by atoms with Crippen LogP contribution in [0.1, 0.15) is 9.78 Å². The van der Waals surface area contributed by atoms with E-state index >= 15 is 0 Å². The van der Waals surface area contributed by atoms with Crippen LogP contribution in [0.15, 0.2) is 0 Å². The topological polar surface area (TPSA) is 55.4 Å². The number of hydrogen-bond acceptors (Lipinski definition) is 3. The van der Waals surface area contributed by atoms with Gasteiger partial charge in [-0.05, 0) is 6.92 Å². The molecule has 0 spiro atoms. The quantitative estimate of drug-likeness (QED) is 0.597. The van der Waals surface area contributed by atoms with Gasteiger partial charge >= 0.3 is 6.09 Å². The lowest BCUT2D eigenvalue weighted by Crippen LogP contribution is -2.21. The van der Waals surface area contributed by atoms with E-state index in [-0.39, 0.29) is 15.2 Å². The Morgan fingerprint density at radius 3 is 2.56 bits per heavy atom. The number of alkyl carbamates (subject to hydrolysis) is 1. The van der Waals surface area contributed by atoms with Gasteiger partial charge in [0.2, 0.25) is 0 Å². The third-order valence-corrected chi connectivity index (χ3v) is 0.611. The molecule has 0 aromatic carbocycles. The van der Waals surface area contributed by atoms with Gasteiger partial charge in [-0.25, -0.2) is 4.79 Å². The fraction of sp³-hybridized carbons (Fsp3) is 0.600. The zero-order valence-corrected chi connectivity index (χ0v) is 5.43. The Hall–Kier alpha value is -1.06. The highest BCUT2D eigenvalue weighted by atomic mass is 16.5. The number of rotatable bonds is 2. The number of ketones is 1. The maximum absolute atomic E-state index is 10.2. The second-order valence-electron chi connectivity index (χ2n) is 1.53. The largest absolute Gasteiger partial charge is 0.442 e. The SMILES string of the molecule is CNC(=O)OCC(C)=O.[HH].[HH]. The van der Waals surface area contributed by atoms with Crippen LogP contribution in [-0.4, -0.2) is 25.5 Å². The fourth-order valence-electron chi connectivity index (χ4n) is 0.239. The zero-order chi connectivity index (χ0) is 7.28. The van der Waals surface area contributed by atoms with Gasteiger partial charge in [0.05, 0.1) is 0 Å². The van der Waals surface area contributed by atoms with Crippen LogP contribution < -0.4 is 5.32 Å². The lowest BCUT2D eigenvalue weighted by molar-refractivity contribution is -0.119. The van der Waals surface area contributed by atoms with E-state index in [1.165, 1.54) is 14.0 Å². The summed E-state index contributed by atoms with van der Waals surface area (Å²) in [5, 5.41) is 2.21. The molecule has 0 rings (SSSR count). The molecule has 0 saturated carbocycles. The van der Waals surface area contributed by atoms with Crippen molar-refractivity contribution >= 4 is 11.9 Å². The van der Waals surface area contributed by atoms with Crippen molar-refractivity contribution in [1.29, 1.82) is 0 Å². The van der Waals surface area contributed by atoms with Crippen LogP contribution in [0.3, 0.4) is 0 Å². The van der Waals surface area contributed by atoms with Gasteiger partial charge in [-0.15, -0.1) is 0 Å². The molecule has 0 aliphatic heterocycles. The number of amides is 1. The van der Waals surface area contributed by atoms with Crippen LogP contribution in [0.2, 0.25) is 0 Å². The molecule has 9 heavy (non-hydrogen) atoms. The van der Waals surface area contributed by atoms with Crippen LogP contribution in [-0.2, 0) is 9.53 Å². The first-order chi connectivity index (χ1) is 4.16. The van der Waals surface area contributed by atoms with Crippen molar-refractivity contribution < 1.29 is 17.2 Å². The van der Waals surface area contributed by atoms with Crippen LogP contribution >= 0.6 is 0 Å². The number of carbonyl (C=O) groups excluding carboxylic acids is 2. The van der Waals surface area contributed by atoms with Crippen molar-refractivity contribution in [1.82, 2.24) is 5.32 Å². The number of ether oxygens (including phenoxy) is 1. The molecule has 0 radical (unpaired) electrons. The summed E-state index contributed by atoms with van der Waals surface area (Å²) in [6, 6.07) is 0. The van der Waals surface area contributed by atoms with Gasteiger partial charge < -0.3 is 10.1 Å². The van der Waals surface area contributed by atoms with Crippen LogP contribution in [0, 0.1) is 0 Å². The molecule has 4 nitrogen and oxygen atoms in total. The third-order valence-electron chi connectivity index (χ3n) is 0.611. The smallest absolute Gasteiger partial charge is 0.407 e. The van der Waals surface area contributed by atoms with Crippen molar-refractivity contribution in [3.8, 4) is 0 Å². The van der Waals surface area contributed by atoms with Gasteiger partial charge in [0.1, 0.15) is 0 Å². The van der Waals surface area contributed by atoms with Gasteiger partial charge in [0.15, 0.2) is 12.4 Å². The van der Waals surface area contributed by atoms with Gasteiger partial charge in [-0.2, -0.15) is 0 Å². The highest BCUT2D eigenvalue weighted by molar-refractivity contribution is 5.79. The number of Topliss-reactive ketones (excluding diaryl/α,β-unsaturated/α-hetero) is 1. The second-order valence-corrected chi connectivity index (χ2v) is 1.53. The minimum atomic E-state index is -0.579. The van der Waals surface area contributed by atoms with Crippen LogP contribution in [0.5, 0.6) is 0 Å². The van der Waals surface area contributed by atoms with Crippen molar-refractivity contribution in [3.05, 3.63) is 0 Å². The molecule has 0 aliphatic rings. The molecule has 1 amide bonds. The molecule has 1 N–H and O–H groups in total. The summed E-state index contributed by atoms with van der Waals surface area (Å²) in [4.78, 5) is 20.4. The Kier molecular flexibility index (Phi) is 3.43. The first-order valence-corrected chi connectivity index (χ1v) is 2.50. The van der Waals surface area contributed by atoms with E-state index in [1.807, 2.05) is 0 Å². The Balaban J connectivity index is -0.000000320. The Labute approximate surface area is 56.2 Å². The molecule has 0 atom stereocenters. The van der Waals surface area contributed by atoms with E-state index in [1.54, 1.807) is 0 Å². The molecule has 0 aliphatic carbocycles. The number of carbonyl (C=O) groups is 2. The van der Waals surface area contributed by atoms with E-state index in [2.05, 4.69) is 10.1 Å². The molecule has 0 heterocycles. The predicted molar refractivity (Wildman–Crippen MR) is 35.3 cm³/mol. The maximum atomic E-state index is 10.2. The standard InChI is InChI=1S/C5H9NO3.2H2/c1-4(7)3-9-5(8)6-2;;/h3H2,1-2H3,(H,6,8);2*1H. The van der Waals surface area contributed by atoms with E-state index in [4.69, 9.17) is 0 Å². The first-order valence-electron chi connectivity index (χ1n) is 2.50. The zero-order valence-electron chi connectivity index (χ0n) is 5.43. The first kappa shape index (κ1) is 7.94. The minimum Gasteiger partial charge on any atom is -0.442 e. The van der Waals surface area contributed by atoms with Gasteiger partial charge in [0.25, 0.3) is 0 Å². The highest BCUT2D eigenvalue weighted by Crippen LogP contribution is 1.75. The summed E-state index contributed by atoms with van der Waals surface area (Å²) >= 11 is 0. The molecule has 0 fully saturated rings. The van der Waals surface area contributed by atoms with Crippen LogP contribution in [0.4, 0.5) is 4.79 Å². The number of nitrogens with one attached hydrogen (secondary N) is 1. The molecule has 0 unspecified atom stereocenters. The maximum Gasteiger partial charge on any atom is 0.407 e. The molecule has 0 aromatic rings. The van der Waals surface area contributed by atoms with E-state index in [0.717, 1.165) is 0 Å². The van der Waals surface area contributed by atoms with Gasteiger partial charge in [-0.1, -0.05) is 0 Å². The van der Waals surface area contributed by atoms with E-state index in [9.17, 15) is 9.59 Å². The monoisotopic (exact) mass is 135 g/mol. The molecular weight excluding hydrogens is 122 g/mol. The molecule has 0 saturated heterocycles. The van der Waals surface area contributed by atoms with Crippen molar-refractivity contribution in [2.45, 2.75) is 6.92 Å². The van der Waals surface area contributed by atoms with Crippen LogP contribution in [0.25, 0.3) is 0 Å². The minimum absolute atomic E-state index is 0.